The number of rotatable bonds is 3. The summed E-state index contributed by atoms with van der Waals surface area (Å²) in [6.45, 7) is 5.13. The highest BCUT2D eigenvalue weighted by Gasteiger charge is 2.42. The normalized spacial score (nSPS) is 16.5. The smallest absolute Gasteiger partial charge is 0.224 e. The third-order valence-electron chi connectivity index (χ3n) is 7.26. The van der Waals surface area contributed by atoms with Crippen molar-refractivity contribution in [3.05, 3.63) is 75.6 Å². The van der Waals surface area contributed by atoms with Crippen LogP contribution in [-0.4, -0.2) is 46.9 Å². The minimum Gasteiger partial charge on any atom is -0.508 e. The van der Waals surface area contributed by atoms with Crippen LogP contribution in [-0.2, 0) is 19.7 Å². The van der Waals surface area contributed by atoms with E-state index in [1.165, 1.54) is 33.3 Å². The molecule has 0 radical (unpaired) electrons. The van der Waals surface area contributed by atoms with Gasteiger partial charge in [-0.2, -0.15) is 0 Å². The highest BCUT2D eigenvalue weighted by Crippen LogP contribution is 2.51. The fourth-order valence-electron chi connectivity index (χ4n) is 5.37. The van der Waals surface area contributed by atoms with E-state index in [1.807, 2.05) is 13.8 Å². The lowest BCUT2D eigenvalue weighted by molar-refractivity contribution is -0.117. The summed E-state index contributed by atoms with van der Waals surface area (Å²) in [4.78, 5) is 39.7. The number of phenols is 3. The molecule has 0 bridgehead atoms. The third-order valence-corrected chi connectivity index (χ3v) is 7.26. The molecule has 0 fully saturated rings. The maximum atomic E-state index is 13.7. The van der Waals surface area contributed by atoms with Gasteiger partial charge in [0.15, 0.2) is 11.5 Å². The molecular weight excluding hydrogens is 476 g/mol. The summed E-state index contributed by atoms with van der Waals surface area (Å²) in [5.41, 5.74) is 0.340. The number of benzene rings is 3. The topological polar surface area (TPSA) is 130 Å². The first-order chi connectivity index (χ1) is 17.4. The van der Waals surface area contributed by atoms with Crippen molar-refractivity contribution in [1.29, 1.82) is 0 Å². The molecule has 0 amide bonds. The van der Waals surface area contributed by atoms with Gasteiger partial charge in [0.05, 0.1) is 25.3 Å². The molecule has 0 aliphatic heterocycles. The van der Waals surface area contributed by atoms with Gasteiger partial charge in [0.25, 0.3) is 0 Å². The van der Waals surface area contributed by atoms with Gasteiger partial charge in [-0.1, -0.05) is 13.8 Å². The number of carbonyl (C=O) groups is 3. The molecule has 0 aromatic heterocycles. The molecule has 2 aliphatic carbocycles. The summed E-state index contributed by atoms with van der Waals surface area (Å²) >= 11 is 0. The molecule has 0 unspecified atom stereocenters. The van der Waals surface area contributed by atoms with E-state index >= 15 is 0 Å². The average molecular weight is 501 g/mol. The van der Waals surface area contributed by atoms with Crippen LogP contribution in [0.4, 0.5) is 0 Å². The lowest BCUT2D eigenvalue weighted by Gasteiger charge is -2.35. The van der Waals surface area contributed by atoms with Crippen LogP contribution in [0.1, 0.15) is 53.4 Å². The summed E-state index contributed by atoms with van der Waals surface area (Å²) in [5.74, 6) is -2.29. The van der Waals surface area contributed by atoms with Crippen molar-refractivity contribution in [3.8, 4) is 23.0 Å². The minimum atomic E-state index is -0.897. The standard InChI is InChI=1S/C29H24O8/c1-12-22(20(32)11-21(37-5)26(12)33)16-10-15(36-4)6-13-7-17-25(27(34)23(13)16)28(35)24-18(29(17,2)3)8-14(30)9-19(24)31/h6-11,30-31,34H,1-5H3. The van der Waals surface area contributed by atoms with Gasteiger partial charge in [0, 0.05) is 39.7 Å². The van der Waals surface area contributed by atoms with Gasteiger partial charge in [0.1, 0.15) is 23.0 Å². The van der Waals surface area contributed by atoms with E-state index in [1.54, 1.807) is 12.1 Å². The van der Waals surface area contributed by atoms with Crippen molar-refractivity contribution in [1.82, 2.24) is 0 Å². The molecule has 3 N–H and O–H groups in total. The molecule has 0 heterocycles. The Morgan fingerprint density at radius 2 is 1.49 bits per heavy atom. The Kier molecular flexibility index (Phi) is 5.19. The summed E-state index contributed by atoms with van der Waals surface area (Å²) in [5, 5.41) is 33.0. The molecule has 0 saturated heterocycles. The average Bonchev–Trinajstić information content (AvgIpc) is 2.84. The van der Waals surface area contributed by atoms with Gasteiger partial charge in [-0.3, -0.25) is 14.4 Å². The van der Waals surface area contributed by atoms with Crippen molar-refractivity contribution < 1.29 is 39.2 Å². The number of carbonyl (C=O) groups excluding carboxylic acids is 3. The Bertz CT molecular complexity index is 1650. The van der Waals surface area contributed by atoms with Crippen LogP contribution >= 0.6 is 0 Å². The van der Waals surface area contributed by atoms with Crippen molar-refractivity contribution in [3.63, 3.8) is 0 Å². The maximum Gasteiger partial charge on any atom is 0.224 e. The minimum absolute atomic E-state index is 0.0213. The van der Waals surface area contributed by atoms with E-state index < -0.39 is 28.5 Å². The van der Waals surface area contributed by atoms with E-state index in [0.29, 0.717) is 22.3 Å². The van der Waals surface area contributed by atoms with E-state index in [4.69, 9.17) is 9.47 Å². The molecule has 0 spiro atoms. The van der Waals surface area contributed by atoms with Crippen molar-refractivity contribution in [2.45, 2.75) is 26.2 Å². The molecule has 188 valence electrons. The summed E-state index contributed by atoms with van der Waals surface area (Å²) in [6, 6.07) is 7.42. The highest BCUT2D eigenvalue weighted by molar-refractivity contribution is 6.38. The Balaban J connectivity index is 1.89. The number of Topliss-reactive ketones (excluding diaryl/α,β-unsaturated/α-hetero) is 1. The Labute approximate surface area is 212 Å². The lowest BCUT2D eigenvalue weighted by Crippen LogP contribution is -2.30. The summed E-state index contributed by atoms with van der Waals surface area (Å²) < 4.78 is 10.5. The fraction of sp³-hybridized carbons (Fsp3) is 0.207. The zero-order valence-electron chi connectivity index (χ0n) is 20.8. The largest absolute Gasteiger partial charge is 0.508 e. The van der Waals surface area contributed by atoms with Crippen LogP contribution in [0.15, 0.2) is 47.7 Å². The van der Waals surface area contributed by atoms with E-state index in [9.17, 15) is 29.7 Å². The molecule has 37 heavy (non-hydrogen) atoms. The molecule has 8 nitrogen and oxygen atoms in total. The Morgan fingerprint density at radius 1 is 0.811 bits per heavy atom. The number of hydrogen-bond acceptors (Lipinski definition) is 8. The van der Waals surface area contributed by atoms with Gasteiger partial charge in [0.2, 0.25) is 11.6 Å². The number of methoxy groups -OCH3 is 2. The number of phenolic OH excluding ortho intramolecular Hbond substituents is 3. The van der Waals surface area contributed by atoms with Crippen LogP contribution in [0.25, 0.3) is 16.3 Å². The SMILES string of the molecule is COC1=CC(=O)C(c2cc(OC)cc3cc4c(c(O)c23)C(=O)c2c(O)cc(O)cc2C4(C)C)=C(C)C1=O. The maximum absolute atomic E-state index is 13.7. The first-order valence-electron chi connectivity index (χ1n) is 11.5. The predicted octanol–water partition coefficient (Wildman–Crippen LogP) is 4.29. The third kappa shape index (κ3) is 3.25. The van der Waals surface area contributed by atoms with E-state index in [0.717, 1.165) is 12.1 Å². The lowest BCUT2D eigenvalue weighted by atomic mass is 9.67. The first kappa shape index (κ1) is 24.1. The van der Waals surface area contributed by atoms with Gasteiger partial charge in [-0.05, 0) is 47.7 Å². The number of allylic oxidation sites excluding steroid dienone is 3. The van der Waals surface area contributed by atoms with Crippen LogP contribution < -0.4 is 4.74 Å². The molecular formula is C29H24O8. The van der Waals surface area contributed by atoms with Crippen LogP contribution in [0.2, 0.25) is 0 Å². The Hall–Kier alpha value is -4.59. The molecule has 2 aliphatic rings. The zero-order chi connectivity index (χ0) is 27.0. The summed E-state index contributed by atoms with van der Waals surface area (Å²) in [6.07, 6.45) is 1.10. The number of hydrogen-bond donors (Lipinski definition) is 3. The molecule has 5 rings (SSSR count). The predicted molar refractivity (Wildman–Crippen MR) is 135 cm³/mol. The number of ether oxygens (including phenoxy) is 2. The molecule has 3 aromatic carbocycles. The van der Waals surface area contributed by atoms with Crippen LogP contribution in [0, 0.1) is 0 Å². The van der Waals surface area contributed by atoms with Gasteiger partial charge >= 0.3 is 0 Å². The van der Waals surface area contributed by atoms with Crippen LogP contribution in [0.5, 0.6) is 23.0 Å². The molecule has 3 aromatic rings. The second kappa shape index (κ2) is 7.96. The number of ketones is 3. The first-order valence-corrected chi connectivity index (χ1v) is 11.5. The molecule has 8 heteroatoms. The molecule has 0 atom stereocenters. The monoisotopic (exact) mass is 500 g/mol. The van der Waals surface area contributed by atoms with Gasteiger partial charge in [-0.25, -0.2) is 0 Å². The van der Waals surface area contributed by atoms with E-state index in [-0.39, 0.29) is 50.5 Å². The van der Waals surface area contributed by atoms with Gasteiger partial charge in [-0.15, -0.1) is 0 Å². The highest BCUT2D eigenvalue weighted by atomic mass is 16.5. The molecule has 0 saturated carbocycles. The quantitative estimate of drug-likeness (QED) is 0.454. The van der Waals surface area contributed by atoms with Gasteiger partial charge < -0.3 is 24.8 Å². The zero-order valence-corrected chi connectivity index (χ0v) is 20.8. The fourth-order valence-corrected chi connectivity index (χ4v) is 5.37. The van der Waals surface area contributed by atoms with Crippen molar-refractivity contribution in [2.75, 3.05) is 14.2 Å². The van der Waals surface area contributed by atoms with Crippen LogP contribution in [0.3, 0.4) is 0 Å². The second-order valence-electron chi connectivity index (χ2n) is 9.67. The number of aromatic hydroxyl groups is 3. The summed E-state index contributed by atoms with van der Waals surface area (Å²) in [7, 11) is 2.76. The van der Waals surface area contributed by atoms with Crippen molar-refractivity contribution in [2.24, 2.45) is 0 Å². The number of fused-ring (bicyclic) bond motifs is 3. The second-order valence-corrected chi connectivity index (χ2v) is 9.67. The Morgan fingerprint density at radius 3 is 2.14 bits per heavy atom. The van der Waals surface area contributed by atoms with Crippen molar-refractivity contribution >= 4 is 33.7 Å². The van der Waals surface area contributed by atoms with E-state index in [2.05, 4.69) is 0 Å².